The molecule has 0 amide bonds. The lowest BCUT2D eigenvalue weighted by molar-refractivity contribution is 0.200. The van der Waals surface area contributed by atoms with Crippen molar-refractivity contribution in [1.82, 2.24) is 0 Å². The molecular weight excluding hydrogens is 288 g/mol. The predicted molar refractivity (Wildman–Crippen MR) is 72.4 cm³/mol. The van der Waals surface area contributed by atoms with Crippen molar-refractivity contribution in [2.24, 2.45) is 5.73 Å². The van der Waals surface area contributed by atoms with Crippen LogP contribution in [0.4, 0.5) is 0 Å². The summed E-state index contributed by atoms with van der Waals surface area (Å²) in [5.41, 5.74) is 6.34. The highest BCUT2D eigenvalue weighted by Crippen LogP contribution is 2.28. The van der Waals surface area contributed by atoms with E-state index in [9.17, 15) is 0 Å². The summed E-state index contributed by atoms with van der Waals surface area (Å²) in [5.74, 6) is 1.06. The average molecular weight is 303 g/mol. The zero-order valence-corrected chi connectivity index (χ0v) is 11.5. The summed E-state index contributed by atoms with van der Waals surface area (Å²) >= 11 is 5.11. The van der Waals surface area contributed by atoms with Crippen LogP contribution in [0.1, 0.15) is 12.0 Å². The molecule has 1 rings (SSSR count). The number of nitrogen functional groups attached to an aromatic ring is 1. The van der Waals surface area contributed by atoms with Gasteiger partial charge in [-0.1, -0.05) is 6.07 Å². The minimum absolute atomic E-state index is 0.0988. The Morgan fingerprint density at radius 1 is 1.56 bits per heavy atom. The molecular formula is C11H15BrN2OS. The number of methoxy groups -OCH3 is 1. The van der Waals surface area contributed by atoms with Crippen LogP contribution in [0.2, 0.25) is 0 Å². The minimum atomic E-state index is 0.0988. The van der Waals surface area contributed by atoms with Crippen LogP contribution in [0.5, 0.6) is 0 Å². The van der Waals surface area contributed by atoms with Gasteiger partial charge in [-0.25, -0.2) is 0 Å². The van der Waals surface area contributed by atoms with Crippen molar-refractivity contribution in [2.75, 3.05) is 19.5 Å². The second-order valence-corrected chi connectivity index (χ2v) is 5.21. The Morgan fingerprint density at radius 3 is 2.94 bits per heavy atom. The highest BCUT2D eigenvalue weighted by atomic mass is 79.9. The number of nitrogens with one attached hydrogen (secondary N) is 1. The van der Waals surface area contributed by atoms with Gasteiger partial charge in [0.1, 0.15) is 5.84 Å². The van der Waals surface area contributed by atoms with E-state index in [4.69, 9.17) is 15.9 Å². The number of hydrogen-bond donors (Lipinski definition) is 2. The number of hydrogen-bond acceptors (Lipinski definition) is 3. The van der Waals surface area contributed by atoms with E-state index in [0.29, 0.717) is 0 Å². The molecule has 5 heteroatoms. The molecule has 0 saturated carbocycles. The molecule has 0 atom stereocenters. The fraction of sp³-hybridized carbons (Fsp3) is 0.364. The number of rotatable bonds is 6. The third-order valence-corrected chi connectivity index (χ3v) is 3.80. The van der Waals surface area contributed by atoms with E-state index < -0.39 is 0 Å². The standard InChI is InChI=1S/C11H15BrN2OS/c1-15-6-3-7-16-9-5-2-4-8(12)10(9)11(13)14/h2,4-5H,3,6-7H2,1H3,(H3,13,14). The fourth-order valence-corrected chi connectivity index (χ4v) is 3.00. The summed E-state index contributed by atoms with van der Waals surface area (Å²) in [6.45, 7) is 0.760. The topological polar surface area (TPSA) is 59.1 Å². The largest absolute Gasteiger partial charge is 0.385 e. The first-order valence-corrected chi connectivity index (χ1v) is 6.69. The molecule has 0 aromatic heterocycles. The molecule has 0 fully saturated rings. The number of benzene rings is 1. The van der Waals surface area contributed by atoms with Crippen molar-refractivity contribution in [3.8, 4) is 0 Å². The van der Waals surface area contributed by atoms with Crippen LogP contribution in [0.25, 0.3) is 0 Å². The van der Waals surface area contributed by atoms with Crippen LogP contribution in [0.15, 0.2) is 27.6 Å². The van der Waals surface area contributed by atoms with Gasteiger partial charge in [0, 0.05) is 34.4 Å². The quantitative estimate of drug-likeness (QED) is 0.368. The number of amidine groups is 1. The first kappa shape index (κ1) is 13.5. The number of thioether (sulfide) groups is 1. The van der Waals surface area contributed by atoms with E-state index in [2.05, 4.69) is 15.9 Å². The number of nitrogens with two attached hydrogens (primary N) is 1. The van der Waals surface area contributed by atoms with Crippen molar-refractivity contribution in [2.45, 2.75) is 11.3 Å². The highest BCUT2D eigenvalue weighted by Gasteiger charge is 2.09. The van der Waals surface area contributed by atoms with E-state index in [1.165, 1.54) is 0 Å². The molecule has 0 heterocycles. The first-order chi connectivity index (χ1) is 7.66. The van der Waals surface area contributed by atoms with Gasteiger partial charge in [0.2, 0.25) is 0 Å². The fourth-order valence-electron chi connectivity index (χ4n) is 1.27. The summed E-state index contributed by atoms with van der Waals surface area (Å²) < 4.78 is 5.86. The molecule has 0 radical (unpaired) electrons. The van der Waals surface area contributed by atoms with Gasteiger partial charge in [-0.2, -0.15) is 0 Å². The summed E-state index contributed by atoms with van der Waals surface area (Å²) in [5, 5.41) is 7.54. The van der Waals surface area contributed by atoms with Crippen molar-refractivity contribution >= 4 is 33.5 Å². The van der Waals surface area contributed by atoms with Crippen LogP contribution in [0, 0.1) is 5.41 Å². The molecule has 0 aliphatic rings. The van der Waals surface area contributed by atoms with Gasteiger partial charge in [-0.3, -0.25) is 5.41 Å². The van der Waals surface area contributed by atoms with Gasteiger partial charge >= 0.3 is 0 Å². The summed E-state index contributed by atoms with van der Waals surface area (Å²) in [6.07, 6.45) is 0.991. The van der Waals surface area contributed by atoms with Gasteiger partial charge in [0.05, 0.1) is 0 Å². The van der Waals surface area contributed by atoms with E-state index in [-0.39, 0.29) is 5.84 Å². The van der Waals surface area contributed by atoms with Crippen LogP contribution in [-0.4, -0.2) is 25.3 Å². The van der Waals surface area contributed by atoms with E-state index in [0.717, 1.165) is 33.7 Å². The lowest BCUT2D eigenvalue weighted by Crippen LogP contribution is -2.13. The summed E-state index contributed by atoms with van der Waals surface area (Å²) in [4.78, 5) is 1.04. The Labute approximate surface area is 108 Å². The first-order valence-electron chi connectivity index (χ1n) is 4.91. The molecule has 1 aromatic carbocycles. The molecule has 0 saturated heterocycles. The average Bonchev–Trinajstić information content (AvgIpc) is 2.24. The smallest absolute Gasteiger partial charge is 0.125 e. The zero-order chi connectivity index (χ0) is 12.0. The summed E-state index contributed by atoms with van der Waals surface area (Å²) in [6, 6.07) is 5.84. The monoisotopic (exact) mass is 302 g/mol. The molecule has 3 N–H and O–H groups in total. The van der Waals surface area contributed by atoms with Crippen LogP contribution in [0.3, 0.4) is 0 Å². The Kier molecular flexibility index (Phi) is 5.87. The van der Waals surface area contributed by atoms with Crippen molar-refractivity contribution in [3.63, 3.8) is 0 Å². The van der Waals surface area contributed by atoms with E-state index in [1.54, 1.807) is 18.9 Å². The molecule has 88 valence electrons. The lowest BCUT2D eigenvalue weighted by Gasteiger charge is -2.09. The molecule has 0 aliphatic heterocycles. The maximum atomic E-state index is 7.54. The molecule has 0 spiro atoms. The van der Waals surface area contributed by atoms with Crippen molar-refractivity contribution in [1.29, 1.82) is 5.41 Å². The Balaban J connectivity index is 2.71. The SMILES string of the molecule is COCCCSc1cccc(Br)c1C(=N)N. The maximum absolute atomic E-state index is 7.54. The lowest BCUT2D eigenvalue weighted by atomic mass is 10.2. The minimum Gasteiger partial charge on any atom is -0.385 e. The third-order valence-electron chi connectivity index (χ3n) is 2.00. The highest BCUT2D eigenvalue weighted by molar-refractivity contribution is 9.10. The summed E-state index contributed by atoms with van der Waals surface area (Å²) in [7, 11) is 1.70. The van der Waals surface area contributed by atoms with Crippen LogP contribution < -0.4 is 5.73 Å². The molecule has 16 heavy (non-hydrogen) atoms. The Hall–Kier alpha value is -0.520. The van der Waals surface area contributed by atoms with Crippen LogP contribution in [-0.2, 0) is 4.74 Å². The second-order valence-electron chi connectivity index (χ2n) is 3.22. The van der Waals surface area contributed by atoms with Gasteiger partial charge in [0.15, 0.2) is 0 Å². The van der Waals surface area contributed by atoms with Gasteiger partial charge in [0.25, 0.3) is 0 Å². The zero-order valence-electron chi connectivity index (χ0n) is 9.13. The Bertz CT molecular complexity index is 371. The molecule has 0 bridgehead atoms. The predicted octanol–water partition coefficient (Wildman–Crippen LogP) is 2.86. The molecule has 3 nitrogen and oxygen atoms in total. The number of halogens is 1. The Morgan fingerprint density at radius 2 is 2.31 bits per heavy atom. The third kappa shape index (κ3) is 3.81. The molecule has 1 aromatic rings. The van der Waals surface area contributed by atoms with E-state index >= 15 is 0 Å². The maximum Gasteiger partial charge on any atom is 0.125 e. The van der Waals surface area contributed by atoms with Crippen molar-refractivity contribution < 1.29 is 4.74 Å². The van der Waals surface area contributed by atoms with E-state index in [1.807, 2.05) is 18.2 Å². The molecule has 0 aliphatic carbocycles. The van der Waals surface area contributed by atoms with Gasteiger partial charge in [-0.05, 0) is 34.5 Å². The van der Waals surface area contributed by atoms with Gasteiger partial charge in [-0.15, -0.1) is 11.8 Å². The van der Waals surface area contributed by atoms with Gasteiger partial charge < -0.3 is 10.5 Å². The normalized spacial score (nSPS) is 10.4. The second kappa shape index (κ2) is 6.93. The van der Waals surface area contributed by atoms with Crippen molar-refractivity contribution in [3.05, 3.63) is 28.2 Å². The number of ether oxygens (including phenoxy) is 1. The molecule has 0 unspecified atom stereocenters. The van der Waals surface area contributed by atoms with Crippen LogP contribution >= 0.6 is 27.7 Å².